The van der Waals surface area contributed by atoms with E-state index in [4.69, 9.17) is 10.5 Å². The number of H-pyrrole nitrogens is 2. The van der Waals surface area contributed by atoms with Crippen molar-refractivity contribution in [1.29, 1.82) is 0 Å². The lowest BCUT2D eigenvalue weighted by Gasteiger charge is -2.25. The van der Waals surface area contributed by atoms with E-state index in [0.29, 0.717) is 12.1 Å². The van der Waals surface area contributed by atoms with Gasteiger partial charge in [0.05, 0.1) is 11.3 Å². The molecule has 1 aromatic heterocycles. The fraction of sp³-hybridized carbons (Fsp3) is 0.250. The Balaban J connectivity index is 1.49. The molecule has 39 heavy (non-hydrogen) atoms. The van der Waals surface area contributed by atoms with Crippen LogP contribution < -0.4 is 22.4 Å². The zero-order chi connectivity index (χ0) is 27.9. The largest absolute Gasteiger partial charge is 0.456 e. The van der Waals surface area contributed by atoms with Crippen LogP contribution >= 0.6 is 0 Å². The highest BCUT2D eigenvalue weighted by Crippen LogP contribution is 2.15. The van der Waals surface area contributed by atoms with Crippen LogP contribution in [0.25, 0.3) is 5.69 Å². The third-order valence-corrected chi connectivity index (χ3v) is 6.25. The molecule has 0 aliphatic carbocycles. The first kappa shape index (κ1) is 27.7. The molecule has 3 aromatic carbocycles. The highest BCUT2D eigenvalue weighted by molar-refractivity contribution is 5.89. The molecule has 204 valence electrons. The van der Waals surface area contributed by atoms with Crippen LogP contribution in [-0.2, 0) is 24.1 Å². The van der Waals surface area contributed by atoms with Gasteiger partial charge < -0.3 is 15.8 Å². The number of halogens is 2. The van der Waals surface area contributed by atoms with Gasteiger partial charge in [-0.1, -0.05) is 31.2 Å². The number of ether oxygens (including phenoxy) is 1. The second-order valence-corrected chi connectivity index (χ2v) is 9.14. The van der Waals surface area contributed by atoms with Crippen molar-refractivity contribution >= 4 is 5.97 Å². The van der Waals surface area contributed by atoms with Crippen molar-refractivity contribution in [1.82, 2.24) is 20.1 Å². The zero-order valence-electron chi connectivity index (χ0n) is 21.2. The van der Waals surface area contributed by atoms with Crippen molar-refractivity contribution in [2.75, 3.05) is 6.54 Å². The Morgan fingerprint density at radius 2 is 1.59 bits per heavy atom. The van der Waals surface area contributed by atoms with Crippen molar-refractivity contribution in [3.63, 3.8) is 0 Å². The third-order valence-electron chi connectivity index (χ3n) is 6.25. The predicted octanol–water partition coefficient (Wildman–Crippen LogP) is 2.58. The van der Waals surface area contributed by atoms with E-state index in [1.165, 1.54) is 42.0 Å². The quantitative estimate of drug-likeness (QED) is 0.217. The van der Waals surface area contributed by atoms with Crippen molar-refractivity contribution < 1.29 is 18.3 Å². The second kappa shape index (κ2) is 12.5. The fourth-order valence-electron chi connectivity index (χ4n) is 4.23. The number of carbonyl (C=O) groups is 1. The van der Waals surface area contributed by atoms with Crippen LogP contribution in [0.15, 0.2) is 76.3 Å². The monoisotopic (exact) mass is 537 g/mol. The van der Waals surface area contributed by atoms with Crippen LogP contribution in [0.4, 0.5) is 8.78 Å². The molecule has 0 radical (unpaired) electrons. The predicted molar refractivity (Wildman–Crippen MR) is 142 cm³/mol. The fourth-order valence-corrected chi connectivity index (χ4v) is 4.23. The highest BCUT2D eigenvalue weighted by atomic mass is 19.1. The lowest BCUT2D eigenvalue weighted by Crippen LogP contribution is -2.46. The van der Waals surface area contributed by atoms with E-state index in [1.807, 2.05) is 18.2 Å². The van der Waals surface area contributed by atoms with E-state index in [9.17, 15) is 23.2 Å². The number of hydrogen-bond donors (Lipinski definition) is 4. The van der Waals surface area contributed by atoms with Gasteiger partial charge in [-0.05, 0) is 65.9 Å². The van der Waals surface area contributed by atoms with Crippen LogP contribution in [0.1, 0.15) is 34.0 Å². The molecule has 1 heterocycles. The van der Waals surface area contributed by atoms with Crippen LogP contribution in [0.3, 0.4) is 0 Å². The smallest absolute Gasteiger partial charge is 0.348 e. The maximum absolute atomic E-state index is 13.7. The molecule has 0 bridgehead atoms. The molecule has 2 atom stereocenters. The van der Waals surface area contributed by atoms with Gasteiger partial charge in [-0.15, -0.1) is 0 Å². The van der Waals surface area contributed by atoms with Crippen LogP contribution in [0.5, 0.6) is 0 Å². The molecule has 9 nitrogen and oxygen atoms in total. The molecule has 0 saturated carbocycles. The molecule has 5 N–H and O–H groups in total. The lowest BCUT2D eigenvalue weighted by molar-refractivity contribution is 0.0238. The summed E-state index contributed by atoms with van der Waals surface area (Å²) in [5.74, 6) is -2.13. The van der Waals surface area contributed by atoms with Crippen LogP contribution in [-0.4, -0.2) is 39.4 Å². The van der Waals surface area contributed by atoms with Gasteiger partial charge in [-0.3, -0.25) is 0 Å². The molecule has 4 rings (SSSR count). The molecule has 0 aliphatic heterocycles. The topological polar surface area (TPSA) is 135 Å². The van der Waals surface area contributed by atoms with Crippen molar-refractivity contribution in [2.24, 2.45) is 5.73 Å². The number of esters is 1. The number of nitrogens with zero attached hydrogens (tertiary/aromatic N) is 1. The van der Waals surface area contributed by atoms with E-state index in [1.54, 1.807) is 0 Å². The summed E-state index contributed by atoms with van der Waals surface area (Å²) >= 11 is 0. The Morgan fingerprint density at radius 3 is 2.23 bits per heavy atom. The molecule has 0 saturated heterocycles. The molecular formula is C28H29F2N5O4. The SMILES string of the molecule is CCc1cccc(CNC[C@@H](OC(=O)c2ccc(-n3c(=O)[nH][nH]c3=O)cc2)[C@@H](N)Cc2cc(F)cc(F)c2)c1. The van der Waals surface area contributed by atoms with Gasteiger partial charge in [-0.25, -0.2) is 37.9 Å². The zero-order valence-corrected chi connectivity index (χ0v) is 21.2. The molecule has 0 amide bonds. The summed E-state index contributed by atoms with van der Waals surface area (Å²) in [5, 5.41) is 7.63. The average Bonchev–Trinajstić information content (AvgIpc) is 3.25. The molecule has 0 fully saturated rings. The van der Waals surface area contributed by atoms with Gasteiger partial charge in [0, 0.05) is 25.2 Å². The molecule has 11 heteroatoms. The number of aromatic nitrogens is 3. The second-order valence-electron chi connectivity index (χ2n) is 9.14. The third kappa shape index (κ3) is 7.15. The molecular weight excluding hydrogens is 508 g/mol. The summed E-state index contributed by atoms with van der Waals surface area (Å²) in [6.07, 6.45) is 0.125. The summed E-state index contributed by atoms with van der Waals surface area (Å²) in [5.41, 5.74) is 8.09. The first-order valence-corrected chi connectivity index (χ1v) is 12.4. The number of rotatable bonds is 11. The minimum absolute atomic E-state index is 0.0672. The Morgan fingerprint density at radius 1 is 0.949 bits per heavy atom. The number of aromatic amines is 2. The van der Waals surface area contributed by atoms with E-state index in [0.717, 1.165) is 22.6 Å². The molecule has 0 spiro atoms. The standard InChI is InChI=1S/C28H29F2N5O4/c1-2-17-4-3-5-18(10-17)15-32-16-25(24(31)13-19-11-21(29)14-22(30)12-19)39-26(36)20-6-8-23(9-7-20)35-27(37)33-34-28(35)38/h3-12,14,24-25,32H,2,13,15-16,31H2,1H3,(H,33,37)(H,34,38)/t24-,25+/m0/s1. The number of benzene rings is 3. The van der Waals surface area contributed by atoms with E-state index < -0.39 is 41.1 Å². The van der Waals surface area contributed by atoms with Gasteiger partial charge >= 0.3 is 17.3 Å². The number of nitrogens with one attached hydrogen (secondary N) is 3. The number of aryl methyl sites for hydroxylation is 1. The minimum Gasteiger partial charge on any atom is -0.456 e. The van der Waals surface area contributed by atoms with E-state index in [-0.39, 0.29) is 24.2 Å². The summed E-state index contributed by atoms with van der Waals surface area (Å²) < 4.78 is 34.1. The van der Waals surface area contributed by atoms with Crippen molar-refractivity contribution in [2.45, 2.75) is 38.5 Å². The summed E-state index contributed by atoms with van der Waals surface area (Å²) in [7, 11) is 0. The average molecular weight is 538 g/mol. The van der Waals surface area contributed by atoms with E-state index in [2.05, 4.69) is 28.5 Å². The highest BCUT2D eigenvalue weighted by Gasteiger charge is 2.24. The molecule has 0 aliphatic rings. The number of carbonyl (C=O) groups excluding carboxylic acids is 1. The van der Waals surface area contributed by atoms with Gasteiger partial charge in [0.25, 0.3) is 0 Å². The number of hydrogen-bond acceptors (Lipinski definition) is 6. The van der Waals surface area contributed by atoms with E-state index >= 15 is 0 Å². The van der Waals surface area contributed by atoms with Gasteiger partial charge in [0.1, 0.15) is 17.7 Å². The minimum atomic E-state index is -0.840. The van der Waals surface area contributed by atoms with Crippen molar-refractivity contribution in [3.05, 3.63) is 122 Å². The van der Waals surface area contributed by atoms with Gasteiger partial charge in [-0.2, -0.15) is 0 Å². The Labute approximate surface area is 222 Å². The number of nitrogens with two attached hydrogens (primary N) is 1. The first-order valence-electron chi connectivity index (χ1n) is 12.4. The Kier molecular flexibility index (Phi) is 8.84. The van der Waals surface area contributed by atoms with Gasteiger partial charge in [0.2, 0.25) is 0 Å². The van der Waals surface area contributed by atoms with Crippen LogP contribution in [0.2, 0.25) is 0 Å². The summed E-state index contributed by atoms with van der Waals surface area (Å²) in [6, 6.07) is 16.1. The lowest BCUT2D eigenvalue weighted by atomic mass is 10.0. The molecule has 0 unspecified atom stereocenters. The Bertz CT molecular complexity index is 1500. The maximum Gasteiger partial charge on any atom is 0.348 e. The normalized spacial score (nSPS) is 12.7. The molecule has 4 aromatic rings. The first-order chi connectivity index (χ1) is 18.7. The van der Waals surface area contributed by atoms with Crippen molar-refractivity contribution in [3.8, 4) is 5.69 Å². The summed E-state index contributed by atoms with van der Waals surface area (Å²) in [4.78, 5) is 36.7. The summed E-state index contributed by atoms with van der Waals surface area (Å²) in [6.45, 7) is 2.75. The Hall–Kier alpha value is -4.35. The van der Waals surface area contributed by atoms with Gasteiger partial charge in [0.15, 0.2) is 0 Å². The maximum atomic E-state index is 13.7. The van der Waals surface area contributed by atoms with Crippen LogP contribution in [0, 0.1) is 11.6 Å².